The number of carbonyl (C=O) groups excluding carboxylic acids is 3. The summed E-state index contributed by atoms with van der Waals surface area (Å²) in [6, 6.07) is 21.2. The number of nitrogens with zero attached hydrogens (tertiary/aromatic N) is 1. The van der Waals surface area contributed by atoms with Gasteiger partial charge in [0.1, 0.15) is 0 Å². The number of thioether (sulfide) groups is 1. The molecule has 3 amide bonds. The van der Waals surface area contributed by atoms with E-state index in [9.17, 15) is 14.4 Å². The normalized spacial score (nSPS) is 14.3. The van der Waals surface area contributed by atoms with E-state index >= 15 is 0 Å². The molecule has 1 fully saturated rings. The first-order valence-electron chi connectivity index (χ1n) is 10.7. The lowest BCUT2D eigenvalue weighted by atomic mass is 10.1. The smallest absolute Gasteiger partial charge is 0.298 e. The molecule has 0 saturated carbocycles. The average molecular weight is 553 g/mol. The molecule has 4 rings (SSSR count). The van der Waals surface area contributed by atoms with E-state index in [4.69, 9.17) is 9.47 Å². The van der Waals surface area contributed by atoms with E-state index in [1.165, 1.54) is 0 Å². The maximum atomic E-state index is 12.9. The number of ether oxygens (including phenoxy) is 2. The zero-order valence-corrected chi connectivity index (χ0v) is 21.1. The van der Waals surface area contributed by atoms with E-state index in [2.05, 4.69) is 21.2 Å². The Kier molecular flexibility index (Phi) is 7.89. The number of hydrogen-bond donors (Lipinski definition) is 1. The number of para-hydroxylation sites is 2. The van der Waals surface area contributed by atoms with Gasteiger partial charge in [0.2, 0.25) is 0 Å². The predicted octanol–water partition coefficient (Wildman–Crippen LogP) is 6.11. The Balaban J connectivity index is 1.53. The van der Waals surface area contributed by atoms with Gasteiger partial charge in [-0.05, 0) is 66.7 Å². The zero-order chi connectivity index (χ0) is 24.8. The summed E-state index contributed by atoms with van der Waals surface area (Å²) in [7, 11) is 0. The Morgan fingerprint density at radius 2 is 1.66 bits per heavy atom. The number of imide groups is 1. The molecule has 0 spiro atoms. The Morgan fingerprint density at radius 3 is 2.34 bits per heavy atom. The molecule has 0 aromatic heterocycles. The van der Waals surface area contributed by atoms with Gasteiger partial charge in [0.15, 0.2) is 18.1 Å². The third-order valence-corrected chi connectivity index (χ3v) is 6.43. The van der Waals surface area contributed by atoms with Crippen molar-refractivity contribution >= 4 is 62.2 Å². The van der Waals surface area contributed by atoms with Gasteiger partial charge < -0.3 is 14.8 Å². The Bertz CT molecular complexity index is 1280. The monoisotopic (exact) mass is 552 g/mol. The molecule has 3 aromatic carbocycles. The number of amides is 3. The standard InChI is InChI=1S/C26H21BrN2O5S/c1-2-33-21-13-17(14-23-25(31)29(26(32)35-23)19-11-7-4-8-12-19)20(27)15-22(21)34-16-24(30)28-18-9-5-3-6-10-18/h3-15H,2,16H2,1H3,(H,28,30)/b23-14+. The number of carbonyl (C=O) groups is 3. The molecule has 0 aliphatic carbocycles. The molecule has 9 heteroatoms. The van der Waals surface area contributed by atoms with Crippen molar-refractivity contribution in [2.75, 3.05) is 23.4 Å². The van der Waals surface area contributed by atoms with Crippen LogP contribution in [0.5, 0.6) is 11.5 Å². The van der Waals surface area contributed by atoms with Crippen LogP contribution in [0.25, 0.3) is 6.08 Å². The van der Waals surface area contributed by atoms with Crippen LogP contribution in [-0.4, -0.2) is 30.3 Å². The van der Waals surface area contributed by atoms with Gasteiger partial charge in [0.25, 0.3) is 17.1 Å². The molecule has 7 nitrogen and oxygen atoms in total. The van der Waals surface area contributed by atoms with Gasteiger partial charge in [-0.2, -0.15) is 0 Å². The van der Waals surface area contributed by atoms with Crippen molar-refractivity contribution in [1.82, 2.24) is 0 Å². The minimum Gasteiger partial charge on any atom is -0.490 e. The second kappa shape index (κ2) is 11.2. The maximum absolute atomic E-state index is 12.9. The molecule has 1 saturated heterocycles. The summed E-state index contributed by atoms with van der Waals surface area (Å²) in [5.41, 5.74) is 1.82. The van der Waals surface area contributed by atoms with Crippen LogP contribution in [0.4, 0.5) is 16.2 Å². The number of nitrogens with one attached hydrogen (secondary N) is 1. The molecule has 1 N–H and O–H groups in total. The molecular formula is C26H21BrN2O5S. The highest BCUT2D eigenvalue weighted by Crippen LogP contribution is 2.39. The van der Waals surface area contributed by atoms with Crippen molar-refractivity contribution in [2.24, 2.45) is 0 Å². The summed E-state index contributed by atoms with van der Waals surface area (Å²) in [5.74, 6) is 0.0793. The Labute approximate surface area is 215 Å². The molecule has 3 aromatic rings. The average Bonchev–Trinajstić information content (AvgIpc) is 3.13. The quantitative estimate of drug-likeness (QED) is 0.339. The van der Waals surface area contributed by atoms with E-state index in [0.717, 1.165) is 16.7 Å². The fraction of sp³-hybridized carbons (Fsp3) is 0.115. The third-order valence-electron chi connectivity index (χ3n) is 4.87. The minimum atomic E-state index is -0.394. The van der Waals surface area contributed by atoms with Crippen molar-refractivity contribution in [2.45, 2.75) is 6.92 Å². The van der Waals surface area contributed by atoms with Crippen LogP contribution in [0.2, 0.25) is 0 Å². The zero-order valence-electron chi connectivity index (χ0n) is 18.7. The molecule has 0 bridgehead atoms. The largest absolute Gasteiger partial charge is 0.490 e. The molecule has 178 valence electrons. The van der Waals surface area contributed by atoms with Crippen molar-refractivity contribution in [3.63, 3.8) is 0 Å². The fourth-order valence-corrected chi connectivity index (χ4v) is 4.58. The number of halogens is 1. The van der Waals surface area contributed by atoms with E-state index in [1.54, 1.807) is 54.6 Å². The highest BCUT2D eigenvalue weighted by atomic mass is 79.9. The van der Waals surface area contributed by atoms with Crippen LogP contribution in [0.15, 0.2) is 82.2 Å². The first-order valence-corrected chi connectivity index (χ1v) is 12.3. The van der Waals surface area contributed by atoms with Crippen LogP contribution in [-0.2, 0) is 9.59 Å². The summed E-state index contributed by atoms with van der Waals surface area (Å²) in [4.78, 5) is 39.2. The number of benzene rings is 3. The maximum Gasteiger partial charge on any atom is 0.298 e. The first kappa shape index (κ1) is 24.6. The molecule has 0 unspecified atom stereocenters. The van der Waals surface area contributed by atoms with Crippen LogP contribution >= 0.6 is 27.7 Å². The van der Waals surface area contributed by atoms with Gasteiger partial charge in [0, 0.05) is 10.2 Å². The van der Waals surface area contributed by atoms with Crippen LogP contribution in [0.3, 0.4) is 0 Å². The highest BCUT2D eigenvalue weighted by Gasteiger charge is 2.36. The number of rotatable bonds is 8. The van der Waals surface area contributed by atoms with Crippen molar-refractivity contribution in [3.8, 4) is 11.5 Å². The molecule has 1 aliphatic rings. The molecular weight excluding hydrogens is 532 g/mol. The molecule has 1 aliphatic heterocycles. The Morgan fingerprint density at radius 1 is 1.00 bits per heavy atom. The lowest BCUT2D eigenvalue weighted by Crippen LogP contribution is -2.27. The Hall–Kier alpha value is -3.56. The summed E-state index contributed by atoms with van der Waals surface area (Å²) in [6.07, 6.45) is 1.63. The number of hydrogen-bond acceptors (Lipinski definition) is 6. The highest BCUT2D eigenvalue weighted by molar-refractivity contribution is 9.10. The van der Waals surface area contributed by atoms with Gasteiger partial charge >= 0.3 is 0 Å². The summed E-state index contributed by atoms with van der Waals surface area (Å²) in [6.45, 7) is 1.99. The van der Waals surface area contributed by atoms with Crippen LogP contribution in [0.1, 0.15) is 12.5 Å². The topological polar surface area (TPSA) is 84.9 Å². The fourth-order valence-electron chi connectivity index (χ4n) is 3.31. The van der Waals surface area contributed by atoms with E-state index < -0.39 is 5.91 Å². The molecule has 35 heavy (non-hydrogen) atoms. The summed E-state index contributed by atoms with van der Waals surface area (Å²) >= 11 is 4.37. The van der Waals surface area contributed by atoms with Gasteiger partial charge in [-0.25, -0.2) is 4.90 Å². The SMILES string of the molecule is CCOc1cc(/C=C2/SC(=O)N(c3ccccc3)C2=O)c(Br)cc1OCC(=O)Nc1ccccc1. The predicted molar refractivity (Wildman–Crippen MR) is 141 cm³/mol. The molecule has 0 radical (unpaired) electrons. The van der Waals surface area contributed by atoms with Gasteiger partial charge in [0.05, 0.1) is 17.2 Å². The van der Waals surface area contributed by atoms with Gasteiger partial charge in [-0.3, -0.25) is 14.4 Å². The van der Waals surface area contributed by atoms with Gasteiger partial charge in [-0.1, -0.05) is 52.3 Å². The summed E-state index contributed by atoms with van der Waals surface area (Å²) < 4.78 is 12.0. The van der Waals surface area contributed by atoms with E-state index in [1.807, 2.05) is 31.2 Å². The summed E-state index contributed by atoms with van der Waals surface area (Å²) in [5, 5.41) is 2.40. The molecule has 1 heterocycles. The second-order valence-electron chi connectivity index (χ2n) is 7.31. The number of anilines is 2. The van der Waals surface area contributed by atoms with Crippen LogP contribution < -0.4 is 19.7 Å². The van der Waals surface area contributed by atoms with E-state index in [-0.39, 0.29) is 22.7 Å². The van der Waals surface area contributed by atoms with Gasteiger partial charge in [-0.15, -0.1) is 0 Å². The van der Waals surface area contributed by atoms with Crippen LogP contribution in [0, 0.1) is 0 Å². The lowest BCUT2D eigenvalue weighted by molar-refractivity contribution is -0.118. The first-order chi connectivity index (χ1) is 17.0. The van der Waals surface area contributed by atoms with Crippen molar-refractivity contribution in [3.05, 3.63) is 87.7 Å². The van der Waals surface area contributed by atoms with E-state index in [0.29, 0.717) is 39.5 Å². The second-order valence-corrected chi connectivity index (χ2v) is 9.16. The third kappa shape index (κ3) is 5.93. The lowest BCUT2D eigenvalue weighted by Gasteiger charge is -2.14. The minimum absolute atomic E-state index is 0.212. The van der Waals surface area contributed by atoms with Crippen molar-refractivity contribution < 1.29 is 23.9 Å². The van der Waals surface area contributed by atoms with Crippen molar-refractivity contribution in [1.29, 1.82) is 0 Å². The molecule has 0 atom stereocenters.